The summed E-state index contributed by atoms with van der Waals surface area (Å²) in [7, 11) is -1.83. The Labute approximate surface area is 323 Å². The van der Waals surface area contributed by atoms with Crippen LogP contribution in [0.4, 0.5) is 46.5 Å². The number of para-hydroxylation sites is 2. The molecule has 0 saturated heterocycles. The van der Waals surface area contributed by atoms with E-state index >= 15 is 0 Å². The first kappa shape index (κ1) is 38.3. The molecule has 0 bridgehead atoms. The minimum absolute atomic E-state index is 0.0261. The van der Waals surface area contributed by atoms with Crippen molar-refractivity contribution in [3.8, 4) is 0 Å². The third-order valence-electron chi connectivity index (χ3n) is 6.97. The van der Waals surface area contributed by atoms with E-state index in [9.17, 15) is 8.42 Å². The largest absolute Gasteiger partial charge is 0.324 e. The first-order valence-electron chi connectivity index (χ1n) is 15.5. The number of hydrogen-bond acceptors (Lipinski definition) is 17. The Morgan fingerprint density at radius 2 is 1.06 bits per heavy atom. The van der Waals surface area contributed by atoms with Gasteiger partial charge < -0.3 is 21.3 Å². The summed E-state index contributed by atoms with van der Waals surface area (Å²) in [6.07, 6.45) is 3.29. The number of nitrogens with zero attached hydrogens (tertiary/aromatic N) is 6. The van der Waals surface area contributed by atoms with Gasteiger partial charge in [0.15, 0.2) is 0 Å². The molecule has 0 aliphatic carbocycles. The topological polar surface area (TPSA) is 197 Å². The van der Waals surface area contributed by atoms with Gasteiger partial charge >= 0.3 is 0 Å². The van der Waals surface area contributed by atoms with Gasteiger partial charge in [0.05, 0.1) is 26.3 Å². The molecule has 0 radical (unpaired) electrons. The third kappa shape index (κ3) is 10.6. The van der Waals surface area contributed by atoms with E-state index in [2.05, 4.69) is 61.1 Å². The molecule has 0 aliphatic heterocycles. The Morgan fingerprint density at radius 3 is 1.56 bits per heavy atom. The second kappa shape index (κ2) is 18.1. The molecule has 54 heavy (non-hydrogen) atoms. The van der Waals surface area contributed by atoms with Crippen molar-refractivity contribution < 1.29 is 26.9 Å². The molecule has 0 atom stereocenters. The van der Waals surface area contributed by atoms with Crippen LogP contribution in [0.2, 0.25) is 10.6 Å². The van der Waals surface area contributed by atoms with Crippen LogP contribution in [0.3, 0.4) is 0 Å². The zero-order valence-corrected chi connectivity index (χ0v) is 31.2. The smallest absolute Gasteiger partial charge is 0.297 e. The van der Waals surface area contributed by atoms with Crippen molar-refractivity contribution in [3.63, 3.8) is 0 Å². The molecule has 2 aromatic heterocycles. The van der Waals surface area contributed by atoms with E-state index in [-0.39, 0.29) is 39.3 Å². The van der Waals surface area contributed by atoms with Crippen LogP contribution in [0.25, 0.3) is 12.2 Å². The van der Waals surface area contributed by atoms with Gasteiger partial charge in [-0.3, -0.25) is 4.18 Å². The van der Waals surface area contributed by atoms with Crippen molar-refractivity contribution in [2.75, 3.05) is 35.5 Å². The first-order valence-corrected chi connectivity index (χ1v) is 18.4. The fourth-order valence-electron chi connectivity index (χ4n) is 4.62. The molecular weight excluding hydrogens is 779 g/mol. The summed E-state index contributed by atoms with van der Waals surface area (Å²) in [6, 6.07) is 28.5. The van der Waals surface area contributed by atoms with Crippen molar-refractivity contribution in [2.45, 2.75) is 9.79 Å². The second-order valence-electron chi connectivity index (χ2n) is 10.6. The van der Waals surface area contributed by atoms with Crippen LogP contribution < -0.4 is 21.3 Å². The summed E-state index contributed by atoms with van der Waals surface area (Å²) in [5.74, 6) is 0.673. The molecule has 0 unspecified atom stereocenters. The Bertz CT molecular complexity index is 2370. The number of nitrogens with one attached hydrogen (secondary N) is 4. The molecule has 276 valence electrons. The lowest BCUT2D eigenvalue weighted by Gasteiger charge is -2.12. The zero-order chi connectivity index (χ0) is 37.9. The molecule has 0 spiro atoms. The van der Waals surface area contributed by atoms with E-state index in [0.717, 1.165) is 30.5 Å². The summed E-state index contributed by atoms with van der Waals surface area (Å²) >= 11 is 13.2. The highest BCUT2D eigenvalue weighted by molar-refractivity contribution is 7.94. The minimum atomic E-state index is -4.20. The SMILES string of the molecule is COOOSc1cc(Nc2nc(Cl)nc(Nc3ccccc3)n2)ccc1C=Cc1ccc(Nc2nc(Cl)nc(Nc3ccccc3)n2)cc1S(=O)(=O)OC. The summed E-state index contributed by atoms with van der Waals surface area (Å²) in [5, 5.41) is 16.7. The van der Waals surface area contributed by atoms with Crippen molar-refractivity contribution in [1.29, 1.82) is 0 Å². The van der Waals surface area contributed by atoms with Gasteiger partial charge in [-0.15, -0.1) is 4.33 Å². The van der Waals surface area contributed by atoms with Gasteiger partial charge in [-0.2, -0.15) is 38.3 Å². The second-order valence-corrected chi connectivity index (χ2v) is 13.7. The standard InChI is InChI=1S/C34H28Cl2N10O6S2/c1-49-51-52-53-27-19-25(39-33-43-29(35)41-31(45-33)37-23-9-5-3-6-10-23)17-15-21(27)13-14-22-16-18-26(20-28(22)54(47,48)50-2)40-34-44-30(36)42-32(46-34)38-24-11-7-4-8-12-24/h3-20H,1-2H3,(H2,37,39,41,43,45)(H2,38,40,42,44,46). The molecule has 2 heterocycles. The fraction of sp³-hybridized carbons (Fsp3) is 0.0588. The molecule has 0 fully saturated rings. The average molecular weight is 808 g/mol. The van der Waals surface area contributed by atoms with Gasteiger partial charge in [-0.05, 0) is 82.9 Å². The van der Waals surface area contributed by atoms with Crippen LogP contribution in [-0.2, 0) is 28.6 Å². The van der Waals surface area contributed by atoms with E-state index < -0.39 is 10.1 Å². The number of benzene rings is 4. The predicted molar refractivity (Wildman–Crippen MR) is 207 cm³/mol. The van der Waals surface area contributed by atoms with Gasteiger partial charge in [0, 0.05) is 27.6 Å². The Morgan fingerprint density at radius 1 is 0.593 bits per heavy atom. The molecular formula is C34H28Cl2N10O6S2. The lowest BCUT2D eigenvalue weighted by atomic mass is 10.1. The summed E-state index contributed by atoms with van der Waals surface area (Å²) in [6.45, 7) is 0. The normalized spacial score (nSPS) is 11.4. The maximum Gasteiger partial charge on any atom is 0.297 e. The quantitative estimate of drug-likeness (QED) is 0.0182. The number of halogens is 2. The van der Waals surface area contributed by atoms with Gasteiger partial charge in [0.25, 0.3) is 10.1 Å². The number of anilines is 8. The van der Waals surface area contributed by atoms with Crippen molar-refractivity contribution in [1.82, 2.24) is 29.9 Å². The van der Waals surface area contributed by atoms with E-state index in [4.69, 9.17) is 31.7 Å². The van der Waals surface area contributed by atoms with Crippen LogP contribution in [-0.4, -0.2) is 52.5 Å². The third-order valence-corrected chi connectivity index (χ3v) is 9.29. The molecule has 6 aromatic rings. The van der Waals surface area contributed by atoms with Crippen molar-refractivity contribution in [2.24, 2.45) is 0 Å². The molecule has 4 aromatic carbocycles. The maximum absolute atomic E-state index is 13.1. The van der Waals surface area contributed by atoms with Crippen LogP contribution in [0.15, 0.2) is 107 Å². The Hall–Kier alpha value is -5.44. The molecule has 4 N–H and O–H groups in total. The molecule has 0 saturated carbocycles. The number of hydrogen-bond donors (Lipinski definition) is 4. The van der Waals surface area contributed by atoms with Crippen LogP contribution >= 0.6 is 35.2 Å². The molecule has 16 nitrogen and oxygen atoms in total. The van der Waals surface area contributed by atoms with Crippen molar-refractivity contribution in [3.05, 3.63) is 119 Å². The van der Waals surface area contributed by atoms with Crippen LogP contribution in [0.1, 0.15) is 11.1 Å². The van der Waals surface area contributed by atoms with Crippen LogP contribution in [0.5, 0.6) is 0 Å². The van der Waals surface area contributed by atoms with Gasteiger partial charge in [-0.25, -0.2) is 4.89 Å². The van der Waals surface area contributed by atoms with Crippen molar-refractivity contribution >= 4 is 104 Å². The van der Waals surface area contributed by atoms with Gasteiger partial charge in [0.1, 0.15) is 4.90 Å². The summed E-state index contributed by atoms with van der Waals surface area (Å²) in [4.78, 5) is 30.3. The highest BCUT2D eigenvalue weighted by Gasteiger charge is 2.19. The fourth-order valence-corrected chi connectivity index (χ4v) is 6.38. The van der Waals surface area contributed by atoms with E-state index in [1.807, 2.05) is 60.7 Å². The first-order chi connectivity index (χ1) is 26.2. The van der Waals surface area contributed by atoms with E-state index in [1.165, 1.54) is 13.2 Å². The minimum Gasteiger partial charge on any atom is -0.324 e. The molecule has 0 amide bonds. The van der Waals surface area contributed by atoms with Gasteiger partial charge in [0.2, 0.25) is 34.4 Å². The van der Waals surface area contributed by atoms with E-state index in [1.54, 1.807) is 42.5 Å². The predicted octanol–water partition coefficient (Wildman–Crippen LogP) is 8.36. The lowest BCUT2D eigenvalue weighted by molar-refractivity contribution is -0.447. The molecule has 6 rings (SSSR count). The monoisotopic (exact) mass is 806 g/mol. The molecule has 20 heteroatoms. The summed E-state index contributed by atoms with van der Waals surface area (Å²) < 4.78 is 36.2. The highest BCUT2D eigenvalue weighted by Crippen LogP contribution is 2.32. The number of rotatable bonds is 16. The average Bonchev–Trinajstić information content (AvgIpc) is 3.15. The van der Waals surface area contributed by atoms with Crippen LogP contribution in [0, 0.1) is 0 Å². The lowest BCUT2D eigenvalue weighted by Crippen LogP contribution is -2.07. The Balaban J connectivity index is 1.25. The zero-order valence-electron chi connectivity index (χ0n) is 28.1. The highest BCUT2D eigenvalue weighted by atomic mass is 35.5. The summed E-state index contributed by atoms with van der Waals surface area (Å²) in [5.41, 5.74) is 3.33. The number of aromatic nitrogens is 6. The molecule has 0 aliphatic rings. The van der Waals surface area contributed by atoms with E-state index in [0.29, 0.717) is 27.4 Å². The van der Waals surface area contributed by atoms with Gasteiger partial charge in [-0.1, -0.05) is 65.7 Å². The Kier molecular flexibility index (Phi) is 12.8. The maximum atomic E-state index is 13.1.